The molecule has 0 saturated carbocycles. The molecule has 0 spiro atoms. The van der Waals surface area contributed by atoms with Gasteiger partial charge in [-0.3, -0.25) is 4.79 Å². The van der Waals surface area contributed by atoms with Crippen LogP contribution in [-0.2, 0) is 27.7 Å². The van der Waals surface area contributed by atoms with E-state index in [0.29, 0.717) is 24.4 Å². The maximum Gasteiger partial charge on any atom is 0.303 e. The Morgan fingerprint density at radius 1 is 1.10 bits per heavy atom. The molecule has 0 heterocycles. The van der Waals surface area contributed by atoms with E-state index in [1.54, 1.807) is 12.1 Å². The normalized spacial score (nSPS) is 18.7. The molecular weight excluding hydrogens is 434 g/mol. The van der Waals surface area contributed by atoms with Gasteiger partial charge in [-0.1, -0.05) is 48.0 Å². The predicted molar refractivity (Wildman–Crippen MR) is 123 cm³/mol. The molecule has 0 aromatic heterocycles. The maximum absolute atomic E-state index is 12.6. The standard InChI is InChI=1S/C24H28ClNO4S/c25-21-9-11-22(12-10-21)31(29,30)26-17-16-24(14-5-1-2-8-23(27)28)15-13-19-6-3-4-7-20(19)18-24/h1,3-7,9-12,26H,2,8,13-18H2,(H,27,28)/b5-1-. The average molecular weight is 462 g/mol. The molecule has 0 saturated heterocycles. The molecule has 0 amide bonds. The number of nitrogens with one attached hydrogen (secondary N) is 1. The van der Waals surface area contributed by atoms with Crippen molar-refractivity contribution in [2.45, 2.75) is 49.8 Å². The monoisotopic (exact) mass is 461 g/mol. The van der Waals surface area contributed by atoms with Crippen LogP contribution < -0.4 is 4.72 Å². The zero-order valence-corrected chi connectivity index (χ0v) is 19.0. The zero-order chi connectivity index (χ0) is 22.3. The highest BCUT2D eigenvalue weighted by Crippen LogP contribution is 2.41. The number of hydrogen-bond acceptors (Lipinski definition) is 3. The summed E-state index contributed by atoms with van der Waals surface area (Å²) in [7, 11) is -3.60. The third-order valence-electron chi connectivity index (χ3n) is 5.92. The number of halogens is 1. The molecule has 1 aliphatic carbocycles. The number of sulfonamides is 1. The number of rotatable bonds is 10. The number of allylic oxidation sites excluding steroid dienone is 2. The first-order valence-corrected chi connectivity index (χ1v) is 12.3. The lowest BCUT2D eigenvalue weighted by Crippen LogP contribution is -2.34. The molecule has 0 radical (unpaired) electrons. The lowest BCUT2D eigenvalue weighted by Gasteiger charge is -2.38. The average Bonchev–Trinajstić information content (AvgIpc) is 2.73. The van der Waals surface area contributed by atoms with Crippen molar-refractivity contribution < 1.29 is 18.3 Å². The van der Waals surface area contributed by atoms with E-state index in [4.69, 9.17) is 16.7 Å². The van der Waals surface area contributed by atoms with Gasteiger partial charge >= 0.3 is 5.97 Å². The summed E-state index contributed by atoms with van der Waals surface area (Å²) < 4.78 is 28.0. The van der Waals surface area contributed by atoms with Crippen LogP contribution in [-0.4, -0.2) is 26.0 Å². The van der Waals surface area contributed by atoms with Crippen molar-refractivity contribution >= 4 is 27.6 Å². The third kappa shape index (κ3) is 6.66. The van der Waals surface area contributed by atoms with Gasteiger partial charge < -0.3 is 5.11 Å². The Balaban J connectivity index is 1.68. The number of carboxylic acid groups (broad SMARTS) is 1. The maximum atomic E-state index is 12.6. The molecule has 1 aliphatic rings. The predicted octanol–water partition coefficient (Wildman–Crippen LogP) is 4.99. The van der Waals surface area contributed by atoms with Crippen molar-refractivity contribution in [1.82, 2.24) is 4.72 Å². The molecule has 2 aromatic rings. The van der Waals surface area contributed by atoms with Crippen molar-refractivity contribution in [1.29, 1.82) is 0 Å². The summed E-state index contributed by atoms with van der Waals surface area (Å²) >= 11 is 5.86. The number of carbonyl (C=O) groups is 1. The molecule has 2 N–H and O–H groups in total. The Morgan fingerprint density at radius 2 is 1.81 bits per heavy atom. The van der Waals surface area contributed by atoms with Gasteiger partial charge in [0.1, 0.15) is 0 Å². The van der Waals surface area contributed by atoms with Crippen LogP contribution in [0.4, 0.5) is 0 Å². The summed E-state index contributed by atoms with van der Waals surface area (Å²) in [6.45, 7) is 0.343. The van der Waals surface area contributed by atoms with E-state index in [1.807, 2.05) is 12.1 Å². The lowest BCUT2D eigenvalue weighted by atomic mass is 9.67. The molecule has 2 aromatic carbocycles. The van der Waals surface area contributed by atoms with Crippen molar-refractivity contribution in [3.05, 3.63) is 76.8 Å². The molecule has 1 atom stereocenters. The Kier molecular flexibility index (Phi) is 7.92. The van der Waals surface area contributed by atoms with E-state index in [2.05, 4.69) is 29.0 Å². The van der Waals surface area contributed by atoms with Crippen molar-refractivity contribution in [2.24, 2.45) is 5.41 Å². The van der Waals surface area contributed by atoms with E-state index in [9.17, 15) is 13.2 Å². The Bertz CT molecular complexity index is 1030. The molecule has 0 fully saturated rings. The van der Waals surface area contributed by atoms with Crippen LogP contribution in [0.1, 0.15) is 43.2 Å². The molecular formula is C24H28ClNO4S. The minimum absolute atomic E-state index is 0.0589. The second-order valence-corrected chi connectivity index (χ2v) is 10.4. The molecule has 31 heavy (non-hydrogen) atoms. The molecule has 3 rings (SSSR count). The van der Waals surface area contributed by atoms with Crippen LogP contribution in [0.3, 0.4) is 0 Å². The number of carboxylic acids is 1. The summed E-state index contributed by atoms with van der Waals surface area (Å²) in [5, 5.41) is 9.31. The van der Waals surface area contributed by atoms with E-state index < -0.39 is 16.0 Å². The highest BCUT2D eigenvalue weighted by molar-refractivity contribution is 7.89. The minimum atomic E-state index is -3.60. The molecule has 1 unspecified atom stereocenters. The van der Waals surface area contributed by atoms with Gasteiger partial charge in [-0.2, -0.15) is 0 Å². The third-order valence-corrected chi connectivity index (χ3v) is 7.65. The van der Waals surface area contributed by atoms with Gasteiger partial charge in [0.05, 0.1) is 4.90 Å². The summed E-state index contributed by atoms with van der Waals surface area (Å²) in [6, 6.07) is 14.5. The zero-order valence-electron chi connectivity index (χ0n) is 17.4. The van der Waals surface area contributed by atoms with Crippen LogP contribution in [0, 0.1) is 5.41 Å². The molecule has 7 heteroatoms. The lowest BCUT2D eigenvalue weighted by molar-refractivity contribution is -0.136. The first-order chi connectivity index (χ1) is 14.8. The first kappa shape index (κ1) is 23.5. The number of aliphatic carboxylic acids is 1. The highest BCUT2D eigenvalue weighted by Gasteiger charge is 2.33. The van der Waals surface area contributed by atoms with Crippen molar-refractivity contribution in [3.63, 3.8) is 0 Å². The fraction of sp³-hybridized carbons (Fsp3) is 0.375. The molecule has 166 valence electrons. The topological polar surface area (TPSA) is 83.5 Å². The molecule has 5 nitrogen and oxygen atoms in total. The number of benzene rings is 2. The van der Waals surface area contributed by atoms with E-state index in [1.165, 1.54) is 23.3 Å². The number of fused-ring (bicyclic) bond motifs is 1. The largest absolute Gasteiger partial charge is 0.481 e. The fourth-order valence-corrected chi connectivity index (χ4v) is 5.32. The van der Waals surface area contributed by atoms with E-state index in [-0.39, 0.29) is 16.7 Å². The van der Waals surface area contributed by atoms with Gasteiger partial charge in [0.25, 0.3) is 0 Å². The van der Waals surface area contributed by atoms with Crippen LogP contribution in [0.25, 0.3) is 0 Å². The molecule has 0 bridgehead atoms. The van der Waals surface area contributed by atoms with Crippen LogP contribution in [0.5, 0.6) is 0 Å². The van der Waals surface area contributed by atoms with Gasteiger partial charge in [0.15, 0.2) is 0 Å². The Morgan fingerprint density at radius 3 is 2.52 bits per heavy atom. The van der Waals surface area contributed by atoms with Crippen LogP contribution in [0.15, 0.2) is 65.6 Å². The van der Waals surface area contributed by atoms with Gasteiger partial charge in [0, 0.05) is 18.0 Å². The second-order valence-electron chi connectivity index (χ2n) is 8.16. The Labute approximate surface area is 189 Å². The Hall–Kier alpha value is -2.15. The summed E-state index contributed by atoms with van der Waals surface area (Å²) in [5.41, 5.74) is 2.61. The molecule has 0 aliphatic heterocycles. The second kappa shape index (κ2) is 10.4. The van der Waals surface area contributed by atoms with Gasteiger partial charge in [-0.15, -0.1) is 0 Å². The number of hydrogen-bond donors (Lipinski definition) is 2. The minimum Gasteiger partial charge on any atom is -0.481 e. The van der Waals surface area contributed by atoms with Crippen LogP contribution in [0.2, 0.25) is 5.02 Å². The van der Waals surface area contributed by atoms with E-state index >= 15 is 0 Å². The summed E-state index contributed by atoms with van der Waals surface area (Å²) in [4.78, 5) is 10.9. The van der Waals surface area contributed by atoms with Crippen molar-refractivity contribution in [3.8, 4) is 0 Å². The van der Waals surface area contributed by atoms with Gasteiger partial charge in [-0.05, 0) is 79.3 Å². The van der Waals surface area contributed by atoms with Crippen LogP contribution >= 0.6 is 11.6 Å². The van der Waals surface area contributed by atoms with E-state index in [0.717, 1.165) is 25.7 Å². The SMILES string of the molecule is O=C(O)CC/C=C\CC1(CCNS(=O)(=O)c2ccc(Cl)cc2)CCc2ccccc2C1. The van der Waals surface area contributed by atoms with Gasteiger partial charge in [0.2, 0.25) is 10.0 Å². The smallest absolute Gasteiger partial charge is 0.303 e. The fourth-order valence-electron chi connectivity index (χ4n) is 4.16. The number of aryl methyl sites for hydroxylation is 1. The first-order valence-electron chi connectivity index (χ1n) is 10.5. The summed E-state index contributed by atoms with van der Waals surface area (Å²) in [5.74, 6) is -0.803. The highest BCUT2D eigenvalue weighted by atomic mass is 35.5. The van der Waals surface area contributed by atoms with Crippen molar-refractivity contribution in [2.75, 3.05) is 6.54 Å². The summed E-state index contributed by atoms with van der Waals surface area (Å²) in [6.07, 6.45) is 8.92. The quantitative estimate of drug-likeness (QED) is 0.488. The van der Waals surface area contributed by atoms with Gasteiger partial charge in [-0.25, -0.2) is 13.1 Å².